The second-order valence-corrected chi connectivity index (χ2v) is 7.47. The van der Waals surface area contributed by atoms with Gasteiger partial charge in [-0.15, -0.1) is 11.3 Å². The molecule has 0 aliphatic carbocycles. The number of rotatable bonds is 6. The molecule has 0 unspecified atom stereocenters. The Bertz CT molecular complexity index is 890. The Morgan fingerprint density at radius 3 is 2.88 bits per heavy atom. The molecule has 0 radical (unpaired) electrons. The van der Waals surface area contributed by atoms with Gasteiger partial charge >= 0.3 is 0 Å². The minimum absolute atomic E-state index is 0.217. The molecule has 0 spiro atoms. The number of nitrogens with zero attached hydrogens (tertiary/aromatic N) is 2. The van der Waals surface area contributed by atoms with Gasteiger partial charge in [0.1, 0.15) is 10.7 Å². The maximum absolute atomic E-state index is 13.3. The molecular formula is C17H17FN4OS2. The number of carbonyl (C=O) groups excluding carboxylic acids is 1. The highest BCUT2D eigenvalue weighted by atomic mass is 32.1. The molecule has 8 heteroatoms. The quantitative estimate of drug-likeness (QED) is 0.672. The normalized spacial score (nSPS) is 10.7. The van der Waals surface area contributed by atoms with Crippen molar-refractivity contribution in [2.75, 3.05) is 17.2 Å². The third-order valence-corrected chi connectivity index (χ3v) is 5.40. The van der Waals surface area contributed by atoms with E-state index in [9.17, 15) is 9.18 Å². The number of thiazole rings is 2. The molecule has 25 heavy (non-hydrogen) atoms. The van der Waals surface area contributed by atoms with Gasteiger partial charge in [-0.2, -0.15) is 0 Å². The summed E-state index contributed by atoms with van der Waals surface area (Å²) in [5.74, 6) is -0.474. The SMILES string of the molecule is CCNc1nc(C)c(C(=O)Nc2ncc(Cc3cccc(F)c3)s2)s1. The number of aryl methyl sites for hydroxylation is 1. The van der Waals surface area contributed by atoms with E-state index in [1.807, 2.05) is 19.9 Å². The second-order valence-electron chi connectivity index (χ2n) is 5.36. The van der Waals surface area contributed by atoms with Crippen LogP contribution in [0.4, 0.5) is 14.7 Å². The fraction of sp³-hybridized carbons (Fsp3) is 0.235. The molecule has 0 saturated heterocycles. The first-order chi connectivity index (χ1) is 12.0. The highest BCUT2D eigenvalue weighted by molar-refractivity contribution is 7.18. The van der Waals surface area contributed by atoms with Crippen molar-refractivity contribution in [3.8, 4) is 0 Å². The van der Waals surface area contributed by atoms with E-state index in [-0.39, 0.29) is 11.7 Å². The summed E-state index contributed by atoms with van der Waals surface area (Å²) in [6, 6.07) is 6.47. The number of nitrogens with one attached hydrogen (secondary N) is 2. The molecule has 1 amide bonds. The van der Waals surface area contributed by atoms with Gasteiger partial charge in [-0.25, -0.2) is 14.4 Å². The Hall–Kier alpha value is -2.32. The van der Waals surface area contributed by atoms with Crippen LogP contribution in [-0.4, -0.2) is 22.4 Å². The van der Waals surface area contributed by atoms with Gasteiger partial charge in [-0.3, -0.25) is 10.1 Å². The third-order valence-electron chi connectivity index (χ3n) is 3.37. The minimum Gasteiger partial charge on any atom is -0.362 e. The number of halogens is 1. The Morgan fingerprint density at radius 1 is 1.28 bits per heavy atom. The van der Waals surface area contributed by atoms with Crippen LogP contribution in [0.15, 0.2) is 30.5 Å². The molecule has 2 N–H and O–H groups in total. The molecule has 1 aromatic carbocycles. The lowest BCUT2D eigenvalue weighted by Crippen LogP contribution is -2.11. The van der Waals surface area contributed by atoms with Crippen LogP contribution in [0.25, 0.3) is 0 Å². The fourth-order valence-electron chi connectivity index (χ4n) is 2.28. The zero-order valence-electron chi connectivity index (χ0n) is 13.8. The summed E-state index contributed by atoms with van der Waals surface area (Å²) in [5.41, 5.74) is 1.56. The molecule has 0 bridgehead atoms. The van der Waals surface area contributed by atoms with Crippen LogP contribution in [-0.2, 0) is 6.42 Å². The van der Waals surface area contributed by atoms with Crippen molar-refractivity contribution in [2.24, 2.45) is 0 Å². The zero-order valence-corrected chi connectivity index (χ0v) is 15.4. The Labute approximate surface area is 153 Å². The molecule has 0 saturated carbocycles. The average molecular weight is 376 g/mol. The van der Waals surface area contributed by atoms with E-state index in [4.69, 9.17) is 0 Å². The number of hydrogen-bond acceptors (Lipinski definition) is 6. The van der Waals surface area contributed by atoms with Gasteiger partial charge in [-0.05, 0) is 31.5 Å². The van der Waals surface area contributed by atoms with E-state index >= 15 is 0 Å². The van der Waals surface area contributed by atoms with Gasteiger partial charge < -0.3 is 5.32 Å². The molecule has 130 valence electrons. The number of carbonyl (C=O) groups is 1. The van der Waals surface area contributed by atoms with E-state index < -0.39 is 0 Å². The third kappa shape index (κ3) is 4.40. The van der Waals surface area contributed by atoms with Crippen LogP contribution in [0.2, 0.25) is 0 Å². The summed E-state index contributed by atoms with van der Waals surface area (Å²) < 4.78 is 13.3. The van der Waals surface area contributed by atoms with Crippen LogP contribution in [0.1, 0.15) is 32.7 Å². The number of anilines is 2. The van der Waals surface area contributed by atoms with Crippen LogP contribution < -0.4 is 10.6 Å². The van der Waals surface area contributed by atoms with Crippen molar-refractivity contribution >= 4 is 38.8 Å². The largest absolute Gasteiger partial charge is 0.362 e. The van der Waals surface area contributed by atoms with Gasteiger partial charge in [0.15, 0.2) is 10.3 Å². The highest BCUT2D eigenvalue weighted by Gasteiger charge is 2.16. The van der Waals surface area contributed by atoms with Crippen LogP contribution >= 0.6 is 22.7 Å². The van der Waals surface area contributed by atoms with E-state index in [2.05, 4.69) is 20.6 Å². The molecule has 3 rings (SSSR count). The first-order valence-electron chi connectivity index (χ1n) is 7.77. The zero-order chi connectivity index (χ0) is 17.8. The number of aromatic nitrogens is 2. The van der Waals surface area contributed by atoms with E-state index in [0.29, 0.717) is 22.1 Å². The van der Waals surface area contributed by atoms with Crippen molar-refractivity contribution in [3.05, 3.63) is 57.3 Å². The first kappa shape index (κ1) is 17.5. The Balaban J connectivity index is 1.67. The van der Waals surface area contributed by atoms with Crippen LogP contribution in [0.5, 0.6) is 0 Å². The standard InChI is InChI=1S/C17H17FN4OS2/c1-3-19-16-21-10(2)14(25-16)15(23)22-17-20-9-13(24-17)8-11-5-4-6-12(18)7-11/h4-7,9H,3,8H2,1-2H3,(H,19,21)(H,20,22,23). The van der Waals surface area contributed by atoms with Crippen LogP contribution in [0.3, 0.4) is 0 Å². The summed E-state index contributed by atoms with van der Waals surface area (Å²) in [6.07, 6.45) is 2.28. The monoisotopic (exact) mass is 376 g/mol. The molecule has 2 heterocycles. The molecule has 0 fully saturated rings. The van der Waals surface area contributed by atoms with Gasteiger partial charge in [0.05, 0.1) is 5.69 Å². The second kappa shape index (κ2) is 7.71. The van der Waals surface area contributed by atoms with Crippen molar-refractivity contribution in [1.29, 1.82) is 0 Å². The van der Waals surface area contributed by atoms with Crippen LogP contribution in [0, 0.1) is 12.7 Å². The van der Waals surface area contributed by atoms with Crippen molar-refractivity contribution < 1.29 is 9.18 Å². The highest BCUT2D eigenvalue weighted by Crippen LogP contribution is 2.26. The maximum atomic E-state index is 13.3. The van der Waals surface area contributed by atoms with Crippen molar-refractivity contribution in [1.82, 2.24) is 9.97 Å². The molecular weight excluding hydrogens is 359 g/mol. The lowest BCUT2D eigenvalue weighted by atomic mass is 10.1. The topological polar surface area (TPSA) is 66.9 Å². The number of amides is 1. The Kier molecular flexibility index (Phi) is 5.40. The smallest absolute Gasteiger partial charge is 0.269 e. The van der Waals surface area contributed by atoms with E-state index in [1.54, 1.807) is 12.3 Å². The predicted octanol–water partition coefficient (Wildman–Crippen LogP) is 4.32. The lowest BCUT2D eigenvalue weighted by molar-refractivity contribution is 0.103. The fourth-order valence-corrected chi connectivity index (χ4v) is 4.05. The van der Waals surface area contributed by atoms with E-state index in [0.717, 1.165) is 22.1 Å². The molecule has 0 aliphatic rings. The summed E-state index contributed by atoms with van der Waals surface area (Å²) >= 11 is 2.71. The van der Waals surface area contributed by atoms with Gasteiger partial charge in [0, 0.05) is 24.0 Å². The molecule has 0 aliphatic heterocycles. The first-order valence-corrected chi connectivity index (χ1v) is 9.40. The lowest BCUT2D eigenvalue weighted by Gasteiger charge is -1.99. The minimum atomic E-state index is -0.257. The summed E-state index contributed by atoms with van der Waals surface area (Å²) in [4.78, 5) is 22.5. The number of hydrogen-bond donors (Lipinski definition) is 2. The molecule has 0 atom stereocenters. The van der Waals surface area contributed by atoms with Crippen molar-refractivity contribution in [2.45, 2.75) is 20.3 Å². The summed E-state index contributed by atoms with van der Waals surface area (Å²) in [6.45, 7) is 4.54. The van der Waals surface area contributed by atoms with Gasteiger partial charge in [-0.1, -0.05) is 23.5 Å². The van der Waals surface area contributed by atoms with Gasteiger partial charge in [0.25, 0.3) is 5.91 Å². The summed E-state index contributed by atoms with van der Waals surface area (Å²) in [7, 11) is 0. The van der Waals surface area contributed by atoms with Gasteiger partial charge in [0.2, 0.25) is 0 Å². The molecule has 5 nitrogen and oxygen atoms in total. The average Bonchev–Trinajstić information content (AvgIpc) is 3.14. The summed E-state index contributed by atoms with van der Waals surface area (Å²) in [5, 5.41) is 7.17. The number of benzene rings is 1. The predicted molar refractivity (Wildman–Crippen MR) is 100 cm³/mol. The van der Waals surface area contributed by atoms with Crippen molar-refractivity contribution in [3.63, 3.8) is 0 Å². The molecule has 3 aromatic rings. The molecule has 2 aromatic heterocycles. The Morgan fingerprint density at radius 2 is 2.12 bits per heavy atom. The van der Waals surface area contributed by atoms with E-state index in [1.165, 1.54) is 34.8 Å². The maximum Gasteiger partial charge on any atom is 0.269 e.